The second kappa shape index (κ2) is 9.13. The minimum atomic E-state index is -0.935. The Morgan fingerprint density at radius 1 is 1.73 bits per heavy atom. The number of hydrogen-bond donors (Lipinski definition) is 2. The third kappa shape index (κ3) is 17.6. The van der Waals surface area contributed by atoms with E-state index in [1.54, 1.807) is 7.11 Å². The first kappa shape index (κ1) is 12.8. The van der Waals surface area contributed by atoms with Gasteiger partial charge in [0, 0.05) is 19.2 Å². The molecule has 0 bridgehead atoms. The molecule has 0 aromatic rings. The van der Waals surface area contributed by atoms with Gasteiger partial charge in [-0.3, -0.25) is 0 Å². The monoisotopic (exact) mass is 161 g/mol. The SMILES string of the molecule is C=C(C)C(=O)O.COCCN. The van der Waals surface area contributed by atoms with Crippen LogP contribution in [-0.2, 0) is 9.53 Å². The van der Waals surface area contributed by atoms with Crippen LogP contribution in [0.25, 0.3) is 0 Å². The molecule has 0 aliphatic rings. The fourth-order valence-electron chi connectivity index (χ4n) is 0.118. The van der Waals surface area contributed by atoms with E-state index in [0.717, 1.165) is 0 Å². The molecule has 0 saturated heterocycles. The number of nitrogens with two attached hydrogens (primary N) is 1. The van der Waals surface area contributed by atoms with Crippen LogP contribution < -0.4 is 5.73 Å². The van der Waals surface area contributed by atoms with Crippen molar-refractivity contribution in [1.29, 1.82) is 0 Å². The van der Waals surface area contributed by atoms with Crippen molar-refractivity contribution in [2.45, 2.75) is 6.92 Å². The summed E-state index contributed by atoms with van der Waals surface area (Å²) in [6.45, 7) is 5.89. The minimum Gasteiger partial charge on any atom is -0.478 e. The van der Waals surface area contributed by atoms with Crippen molar-refractivity contribution >= 4 is 5.97 Å². The van der Waals surface area contributed by atoms with E-state index < -0.39 is 5.97 Å². The summed E-state index contributed by atoms with van der Waals surface area (Å²) in [6.07, 6.45) is 0. The highest BCUT2D eigenvalue weighted by molar-refractivity contribution is 5.84. The summed E-state index contributed by atoms with van der Waals surface area (Å²) < 4.78 is 4.57. The third-order valence-electron chi connectivity index (χ3n) is 0.687. The molecule has 3 N–H and O–H groups in total. The zero-order valence-electron chi connectivity index (χ0n) is 6.96. The number of ether oxygens (including phenoxy) is 1. The number of carboxylic acid groups (broad SMARTS) is 1. The first-order valence-electron chi connectivity index (χ1n) is 3.14. The molecular weight excluding hydrogens is 146 g/mol. The highest BCUT2D eigenvalue weighted by Gasteiger charge is 1.90. The fourth-order valence-corrected chi connectivity index (χ4v) is 0.118. The molecule has 0 heterocycles. The number of carbonyl (C=O) groups is 1. The summed E-state index contributed by atoms with van der Waals surface area (Å²) >= 11 is 0. The summed E-state index contributed by atoms with van der Waals surface area (Å²) in [5.41, 5.74) is 5.19. The summed E-state index contributed by atoms with van der Waals surface area (Å²) in [4.78, 5) is 9.60. The average molecular weight is 161 g/mol. The van der Waals surface area contributed by atoms with E-state index in [4.69, 9.17) is 10.8 Å². The summed E-state index contributed by atoms with van der Waals surface area (Å²) in [7, 11) is 1.63. The molecule has 0 aliphatic heterocycles. The van der Waals surface area contributed by atoms with E-state index in [2.05, 4.69) is 11.3 Å². The van der Waals surface area contributed by atoms with E-state index in [1.807, 2.05) is 0 Å². The van der Waals surface area contributed by atoms with Gasteiger partial charge in [-0.05, 0) is 6.92 Å². The fraction of sp³-hybridized carbons (Fsp3) is 0.571. The molecule has 0 saturated carbocycles. The van der Waals surface area contributed by atoms with Crippen LogP contribution in [0.15, 0.2) is 12.2 Å². The van der Waals surface area contributed by atoms with Crippen LogP contribution in [0.2, 0.25) is 0 Å². The molecule has 0 unspecified atom stereocenters. The van der Waals surface area contributed by atoms with Gasteiger partial charge < -0.3 is 15.6 Å². The van der Waals surface area contributed by atoms with Crippen molar-refractivity contribution in [2.24, 2.45) is 5.73 Å². The number of aliphatic carboxylic acids is 1. The van der Waals surface area contributed by atoms with Crippen molar-refractivity contribution in [3.05, 3.63) is 12.2 Å². The van der Waals surface area contributed by atoms with E-state index in [9.17, 15) is 4.79 Å². The minimum absolute atomic E-state index is 0.176. The Morgan fingerprint density at radius 2 is 2.09 bits per heavy atom. The number of hydrogen-bond acceptors (Lipinski definition) is 3. The molecule has 0 fully saturated rings. The van der Waals surface area contributed by atoms with Crippen molar-refractivity contribution < 1.29 is 14.6 Å². The topological polar surface area (TPSA) is 72.5 Å². The molecule has 0 aromatic carbocycles. The standard InChI is InChI=1S/C4H6O2.C3H9NO/c1-3(2)4(5)6;1-5-3-2-4/h1H2,2H3,(H,5,6);2-4H2,1H3. The Balaban J connectivity index is 0. The third-order valence-corrected chi connectivity index (χ3v) is 0.687. The summed E-state index contributed by atoms with van der Waals surface area (Å²) in [6, 6.07) is 0. The van der Waals surface area contributed by atoms with E-state index in [-0.39, 0.29) is 5.57 Å². The smallest absolute Gasteiger partial charge is 0.330 e. The highest BCUT2D eigenvalue weighted by atomic mass is 16.5. The van der Waals surface area contributed by atoms with Gasteiger partial charge in [0.2, 0.25) is 0 Å². The van der Waals surface area contributed by atoms with Gasteiger partial charge in [-0.15, -0.1) is 0 Å². The van der Waals surface area contributed by atoms with Crippen LogP contribution in [0, 0.1) is 0 Å². The lowest BCUT2D eigenvalue weighted by Crippen LogP contribution is -2.05. The van der Waals surface area contributed by atoms with Crippen molar-refractivity contribution in [3.63, 3.8) is 0 Å². The van der Waals surface area contributed by atoms with E-state index in [1.165, 1.54) is 6.92 Å². The second-order valence-corrected chi connectivity index (χ2v) is 1.87. The van der Waals surface area contributed by atoms with Gasteiger partial charge >= 0.3 is 5.97 Å². The van der Waals surface area contributed by atoms with Crippen LogP contribution in [0.3, 0.4) is 0 Å². The van der Waals surface area contributed by atoms with Gasteiger partial charge in [-0.2, -0.15) is 0 Å². The molecule has 0 amide bonds. The molecule has 0 rings (SSSR count). The zero-order chi connectivity index (χ0) is 9.28. The van der Waals surface area contributed by atoms with Crippen LogP contribution >= 0.6 is 0 Å². The van der Waals surface area contributed by atoms with Gasteiger partial charge in [0.1, 0.15) is 0 Å². The first-order chi connectivity index (χ1) is 5.06. The quantitative estimate of drug-likeness (QED) is 0.581. The normalized spacial score (nSPS) is 7.91. The Hall–Kier alpha value is -0.870. The van der Waals surface area contributed by atoms with Crippen LogP contribution in [0.1, 0.15) is 6.92 Å². The first-order valence-corrected chi connectivity index (χ1v) is 3.14. The molecule has 4 heteroatoms. The van der Waals surface area contributed by atoms with Crippen LogP contribution in [0.5, 0.6) is 0 Å². The predicted molar refractivity (Wildman–Crippen MR) is 43.4 cm³/mol. The molecule has 11 heavy (non-hydrogen) atoms. The van der Waals surface area contributed by atoms with Crippen molar-refractivity contribution in [2.75, 3.05) is 20.3 Å². The van der Waals surface area contributed by atoms with Crippen molar-refractivity contribution in [3.8, 4) is 0 Å². The molecule has 4 nitrogen and oxygen atoms in total. The largest absolute Gasteiger partial charge is 0.478 e. The Kier molecular flexibility index (Phi) is 10.6. The lowest BCUT2D eigenvalue weighted by Gasteiger charge is -1.85. The van der Waals surface area contributed by atoms with Gasteiger partial charge in [0.25, 0.3) is 0 Å². The van der Waals surface area contributed by atoms with E-state index >= 15 is 0 Å². The lowest BCUT2D eigenvalue weighted by molar-refractivity contribution is -0.132. The Labute approximate surface area is 66.7 Å². The second-order valence-electron chi connectivity index (χ2n) is 1.87. The number of methoxy groups -OCH3 is 1. The molecular formula is C7H15NO3. The summed E-state index contributed by atoms with van der Waals surface area (Å²) in [5, 5.41) is 7.89. The van der Waals surface area contributed by atoms with E-state index in [0.29, 0.717) is 13.2 Å². The average Bonchev–Trinajstić information content (AvgIpc) is 1.90. The maximum absolute atomic E-state index is 9.60. The zero-order valence-corrected chi connectivity index (χ0v) is 6.96. The number of rotatable bonds is 3. The highest BCUT2D eigenvalue weighted by Crippen LogP contribution is 1.81. The molecule has 0 spiro atoms. The van der Waals surface area contributed by atoms with Crippen LogP contribution in [-0.4, -0.2) is 31.3 Å². The van der Waals surface area contributed by atoms with Crippen molar-refractivity contribution in [1.82, 2.24) is 0 Å². The van der Waals surface area contributed by atoms with Gasteiger partial charge in [0.15, 0.2) is 0 Å². The number of carboxylic acids is 1. The van der Waals surface area contributed by atoms with Gasteiger partial charge in [-0.1, -0.05) is 6.58 Å². The summed E-state index contributed by atoms with van der Waals surface area (Å²) in [5.74, 6) is -0.935. The van der Waals surface area contributed by atoms with Gasteiger partial charge in [0.05, 0.1) is 6.61 Å². The molecule has 0 atom stereocenters. The Bertz CT molecular complexity index is 109. The molecule has 0 aromatic heterocycles. The maximum atomic E-state index is 9.60. The predicted octanol–water partition coefficient (Wildman–Crippen LogP) is 0.239. The van der Waals surface area contributed by atoms with Crippen LogP contribution in [0.4, 0.5) is 0 Å². The molecule has 0 aliphatic carbocycles. The molecule has 0 radical (unpaired) electrons. The lowest BCUT2D eigenvalue weighted by atomic mass is 10.4. The Morgan fingerprint density at radius 3 is 2.09 bits per heavy atom. The van der Waals surface area contributed by atoms with Gasteiger partial charge in [-0.25, -0.2) is 4.79 Å². The molecule has 66 valence electrons. The maximum Gasteiger partial charge on any atom is 0.330 e.